The molecular formula is C10H15NO. The molecule has 1 aliphatic rings. The Bertz CT molecular complexity index is 193. The Morgan fingerprint density at radius 3 is 3.00 bits per heavy atom. The second-order valence-corrected chi connectivity index (χ2v) is 3.46. The monoisotopic (exact) mass is 165 g/mol. The van der Waals surface area contributed by atoms with Gasteiger partial charge in [0.25, 0.3) is 0 Å². The van der Waals surface area contributed by atoms with Crippen molar-refractivity contribution in [2.45, 2.75) is 44.9 Å². The van der Waals surface area contributed by atoms with Crippen LogP contribution in [0.25, 0.3) is 0 Å². The Morgan fingerprint density at radius 1 is 1.50 bits per heavy atom. The Kier molecular flexibility index (Phi) is 3.79. The number of carbonyl (C=O) groups excluding carboxylic acids is 1. The largest absolute Gasteiger partial charge is 0.299 e. The molecule has 0 amide bonds. The molecule has 0 saturated heterocycles. The molecule has 1 aliphatic carbocycles. The summed E-state index contributed by atoms with van der Waals surface area (Å²) in [6.45, 7) is 0. The third kappa shape index (κ3) is 2.65. The maximum atomic E-state index is 11.3. The fraction of sp³-hybridized carbons (Fsp3) is 0.800. The minimum atomic E-state index is 0.284. The van der Waals surface area contributed by atoms with Crippen molar-refractivity contribution >= 4 is 5.78 Å². The number of unbranched alkanes of at least 4 members (excludes halogenated alkanes) is 1. The zero-order valence-corrected chi connectivity index (χ0v) is 7.38. The Balaban J connectivity index is 2.21. The number of hydrogen-bond donors (Lipinski definition) is 0. The van der Waals surface area contributed by atoms with Crippen LogP contribution in [0.3, 0.4) is 0 Å². The van der Waals surface area contributed by atoms with E-state index in [9.17, 15) is 4.79 Å². The molecule has 2 nitrogen and oxygen atoms in total. The van der Waals surface area contributed by atoms with Gasteiger partial charge in [-0.25, -0.2) is 0 Å². The van der Waals surface area contributed by atoms with Gasteiger partial charge in [-0.2, -0.15) is 5.26 Å². The fourth-order valence-corrected chi connectivity index (χ4v) is 1.79. The average Bonchev–Trinajstić information content (AvgIpc) is 2.09. The maximum Gasteiger partial charge on any atom is 0.135 e. The van der Waals surface area contributed by atoms with Crippen LogP contribution in [0.1, 0.15) is 44.9 Å². The molecule has 0 aromatic carbocycles. The van der Waals surface area contributed by atoms with Crippen molar-refractivity contribution in [2.24, 2.45) is 5.92 Å². The van der Waals surface area contributed by atoms with E-state index in [0.717, 1.165) is 32.1 Å². The fourth-order valence-electron chi connectivity index (χ4n) is 1.79. The number of ketones is 1. The van der Waals surface area contributed by atoms with E-state index in [2.05, 4.69) is 6.07 Å². The summed E-state index contributed by atoms with van der Waals surface area (Å²) in [5.74, 6) is 0.714. The van der Waals surface area contributed by atoms with E-state index in [-0.39, 0.29) is 5.92 Å². The maximum absolute atomic E-state index is 11.3. The molecule has 0 radical (unpaired) electrons. The van der Waals surface area contributed by atoms with Crippen molar-refractivity contribution in [2.75, 3.05) is 0 Å². The van der Waals surface area contributed by atoms with Crippen LogP contribution in [-0.2, 0) is 4.79 Å². The van der Waals surface area contributed by atoms with E-state index in [4.69, 9.17) is 5.26 Å². The van der Waals surface area contributed by atoms with Gasteiger partial charge in [0, 0.05) is 18.8 Å². The van der Waals surface area contributed by atoms with E-state index >= 15 is 0 Å². The van der Waals surface area contributed by atoms with E-state index in [1.54, 1.807) is 0 Å². The number of rotatable bonds is 3. The van der Waals surface area contributed by atoms with Crippen LogP contribution < -0.4 is 0 Å². The van der Waals surface area contributed by atoms with Crippen molar-refractivity contribution in [3.8, 4) is 6.07 Å². The van der Waals surface area contributed by atoms with E-state index < -0.39 is 0 Å². The molecule has 0 aromatic heterocycles. The number of hydrogen-bond acceptors (Lipinski definition) is 2. The van der Waals surface area contributed by atoms with Crippen molar-refractivity contribution in [3.05, 3.63) is 0 Å². The van der Waals surface area contributed by atoms with Gasteiger partial charge in [-0.1, -0.05) is 6.42 Å². The van der Waals surface area contributed by atoms with Gasteiger partial charge < -0.3 is 0 Å². The van der Waals surface area contributed by atoms with Crippen LogP contribution in [0.4, 0.5) is 0 Å². The number of nitriles is 1. The Morgan fingerprint density at radius 2 is 2.33 bits per heavy atom. The van der Waals surface area contributed by atoms with Gasteiger partial charge in [0.2, 0.25) is 0 Å². The SMILES string of the molecule is N#CCCCC1CCCCC1=O. The molecule has 12 heavy (non-hydrogen) atoms. The molecule has 1 fully saturated rings. The minimum absolute atomic E-state index is 0.284. The predicted octanol–water partition coefficient (Wildman–Crippen LogP) is 2.44. The first-order chi connectivity index (χ1) is 5.84. The van der Waals surface area contributed by atoms with Gasteiger partial charge in [0.1, 0.15) is 5.78 Å². The van der Waals surface area contributed by atoms with Gasteiger partial charge >= 0.3 is 0 Å². The van der Waals surface area contributed by atoms with Crippen LogP contribution in [0.2, 0.25) is 0 Å². The van der Waals surface area contributed by atoms with Crippen LogP contribution in [-0.4, -0.2) is 5.78 Å². The van der Waals surface area contributed by atoms with Crippen LogP contribution in [0, 0.1) is 17.2 Å². The summed E-state index contributed by atoms with van der Waals surface area (Å²) in [6, 6.07) is 2.11. The van der Waals surface area contributed by atoms with Gasteiger partial charge in [-0.3, -0.25) is 4.79 Å². The topological polar surface area (TPSA) is 40.9 Å². The molecule has 0 N–H and O–H groups in total. The molecule has 66 valence electrons. The molecule has 1 atom stereocenters. The Labute approximate surface area is 73.6 Å². The van der Waals surface area contributed by atoms with Gasteiger partial charge in [-0.05, 0) is 25.7 Å². The molecule has 0 aromatic rings. The summed E-state index contributed by atoms with van der Waals surface area (Å²) >= 11 is 0. The summed E-state index contributed by atoms with van der Waals surface area (Å²) in [5, 5.41) is 8.33. The molecule has 0 spiro atoms. The van der Waals surface area contributed by atoms with Crippen molar-refractivity contribution in [3.63, 3.8) is 0 Å². The highest BCUT2D eigenvalue weighted by Gasteiger charge is 2.20. The molecule has 0 aliphatic heterocycles. The van der Waals surface area contributed by atoms with Crippen molar-refractivity contribution < 1.29 is 4.79 Å². The highest BCUT2D eigenvalue weighted by molar-refractivity contribution is 5.81. The second kappa shape index (κ2) is 4.92. The van der Waals surface area contributed by atoms with Gasteiger partial charge in [0.05, 0.1) is 6.07 Å². The number of Topliss-reactive ketones (excluding diaryl/α,β-unsaturated/α-hetero) is 1. The summed E-state index contributed by atoms with van der Waals surface area (Å²) in [6.07, 6.45) is 6.54. The summed E-state index contributed by atoms with van der Waals surface area (Å²) in [4.78, 5) is 11.3. The lowest BCUT2D eigenvalue weighted by Crippen LogP contribution is -2.18. The quantitative estimate of drug-likeness (QED) is 0.602. The zero-order valence-electron chi connectivity index (χ0n) is 7.38. The Hall–Kier alpha value is -0.840. The van der Waals surface area contributed by atoms with E-state index in [1.165, 1.54) is 6.42 Å². The van der Waals surface area contributed by atoms with Crippen LogP contribution in [0.15, 0.2) is 0 Å². The second-order valence-electron chi connectivity index (χ2n) is 3.46. The normalized spacial score (nSPS) is 23.6. The molecule has 1 saturated carbocycles. The molecule has 1 unspecified atom stereocenters. The lowest BCUT2D eigenvalue weighted by molar-refractivity contribution is -0.124. The molecule has 0 bridgehead atoms. The highest BCUT2D eigenvalue weighted by Crippen LogP contribution is 2.24. The van der Waals surface area contributed by atoms with Crippen molar-refractivity contribution in [1.29, 1.82) is 5.26 Å². The first-order valence-corrected chi connectivity index (χ1v) is 4.74. The molecular weight excluding hydrogens is 150 g/mol. The standard InChI is InChI=1S/C10H15NO/c11-8-4-3-6-9-5-1-2-7-10(9)12/h9H,1-7H2. The highest BCUT2D eigenvalue weighted by atomic mass is 16.1. The average molecular weight is 165 g/mol. The first kappa shape index (κ1) is 9.25. The first-order valence-electron chi connectivity index (χ1n) is 4.74. The number of nitrogens with zero attached hydrogens (tertiary/aromatic N) is 1. The molecule has 1 rings (SSSR count). The van der Waals surface area contributed by atoms with E-state index in [1.807, 2.05) is 0 Å². The zero-order chi connectivity index (χ0) is 8.81. The van der Waals surface area contributed by atoms with Crippen LogP contribution in [0.5, 0.6) is 0 Å². The third-order valence-corrected chi connectivity index (χ3v) is 2.52. The summed E-state index contributed by atoms with van der Waals surface area (Å²) in [7, 11) is 0. The lowest BCUT2D eigenvalue weighted by atomic mass is 9.85. The number of carbonyl (C=O) groups is 1. The lowest BCUT2D eigenvalue weighted by Gasteiger charge is -2.19. The van der Waals surface area contributed by atoms with Crippen LogP contribution >= 0.6 is 0 Å². The minimum Gasteiger partial charge on any atom is -0.299 e. The molecule has 0 heterocycles. The molecule has 2 heteroatoms. The third-order valence-electron chi connectivity index (χ3n) is 2.52. The van der Waals surface area contributed by atoms with Gasteiger partial charge in [-0.15, -0.1) is 0 Å². The van der Waals surface area contributed by atoms with Crippen molar-refractivity contribution in [1.82, 2.24) is 0 Å². The van der Waals surface area contributed by atoms with Gasteiger partial charge in [0.15, 0.2) is 0 Å². The summed E-state index contributed by atoms with van der Waals surface area (Å²) in [5.41, 5.74) is 0. The smallest absolute Gasteiger partial charge is 0.135 e. The van der Waals surface area contributed by atoms with E-state index in [0.29, 0.717) is 12.2 Å². The predicted molar refractivity (Wildman–Crippen MR) is 46.4 cm³/mol. The summed E-state index contributed by atoms with van der Waals surface area (Å²) < 4.78 is 0.